The molecule has 2 unspecified atom stereocenters. The van der Waals surface area contributed by atoms with Crippen LogP contribution in [0.2, 0.25) is 0 Å². The molecule has 8 nitrogen and oxygen atoms in total. The van der Waals surface area contributed by atoms with Crippen molar-refractivity contribution in [3.8, 4) is 0 Å². The van der Waals surface area contributed by atoms with E-state index in [1.807, 2.05) is 74.5 Å². The summed E-state index contributed by atoms with van der Waals surface area (Å²) in [6.45, 7) is 3.83. The lowest BCUT2D eigenvalue weighted by atomic mass is 9.85. The molecule has 0 spiro atoms. The van der Waals surface area contributed by atoms with Gasteiger partial charge < -0.3 is 21.1 Å². The Balaban J connectivity index is 1.65. The third-order valence-electron chi connectivity index (χ3n) is 7.46. The molecule has 39 heavy (non-hydrogen) atoms. The van der Waals surface area contributed by atoms with Gasteiger partial charge in [-0.1, -0.05) is 81.6 Å². The number of aliphatic hydroxyl groups is 1. The second-order valence-corrected chi connectivity index (χ2v) is 12.2. The Morgan fingerprint density at radius 3 is 2.15 bits per heavy atom. The minimum Gasteiger partial charge on any atom is -0.391 e. The summed E-state index contributed by atoms with van der Waals surface area (Å²) in [5, 5.41) is 19.6. The molecular weight excluding hydrogens is 513 g/mol. The lowest BCUT2D eigenvalue weighted by Gasteiger charge is -2.27. The van der Waals surface area contributed by atoms with Gasteiger partial charge in [-0.2, -0.15) is 4.89 Å². The molecule has 1 saturated carbocycles. The Morgan fingerprint density at radius 1 is 0.949 bits per heavy atom. The maximum absolute atomic E-state index is 13.4. The third-order valence-corrected chi connectivity index (χ3v) is 8.66. The van der Waals surface area contributed by atoms with Crippen molar-refractivity contribution in [3.05, 3.63) is 66.2 Å². The highest BCUT2D eigenvalue weighted by Crippen LogP contribution is 2.40. The lowest BCUT2D eigenvalue weighted by molar-refractivity contribution is -0.130. The molecule has 212 valence electrons. The van der Waals surface area contributed by atoms with Crippen LogP contribution < -0.4 is 16.0 Å². The van der Waals surface area contributed by atoms with E-state index in [-0.39, 0.29) is 37.1 Å². The number of carbonyl (C=O) groups excluding carboxylic acids is 2. The zero-order valence-corrected chi connectivity index (χ0v) is 23.9. The first-order valence-corrected chi connectivity index (χ1v) is 15.3. The maximum Gasteiger partial charge on any atom is 0.509 e. The van der Waals surface area contributed by atoms with Crippen molar-refractivity contribution in [2.24, 2.45) is 11.8 Å². The Bertz CT molecular complexity index is 1050. The second-order valence-electron chi connectivity index (χ2n) is 10.9. The molecule has 2 aromatic carbocycles. The van der Waals surface area contributed by atoms with Gasteiger partial charge in [0.15, 0.2) is 5.66 Å². The van der Waals surface area contributed by atoms with Gasteiger partial charge >= 0.3 is 8.03 Å². The average molecular weight is 557 g/mol. The maximum atomic E-state index is 13.4. The van der Waals surface area contributed by atoms with Crippen molar-refractivity contribution in [1.29, 1.82) is 0 Å². The van der Waals surface area contributed by atoms with Crippen molar-refractivity contribution < 1.29 is 24.2 Å². The molecule has 0 aliphatic heterocycles. The van der Waals surface area contributed by atoms with Crippen molar-refractivity contribution >= 4 is 25.5 Å². The summed E-state index contributed by atoms with van der Waals surface area (Å²) in [5.41, 5.74) is 1.22. The van der Waals surface area contributed by atoms with E-state index in [1.54, 1.807) is 0 Å². The number of rotatable bonds is 14. The van der Waals surface area contributed by atoms with Crippen LogP contribution in [0.25, 0.3) is 0 Å². The molecule has 3 rings (SSSR count). The molecule has 9 heteroatoms. The van der Waals surface area contributed by atoms with E-state index in [0.29, 0.717) is 0 Å². The molecule has 0 heterocycles. The van der Waals surface area contributed by atoms with E-state index >= 15 is 0 Å². The van der Waals surface area contributed by atoms with E-state index in [1.165, 1.54) is 0 Å². The van der Waals surface area contributed by atoms with Gasteiger partial charge in [0.2, 0.25) is 11.8 Å². The fraction of sp³-hybridized carbons (Fsp3) is 0.533. The zero-order chi connectivity index (χ0) is 28.2. The number of hydrogen-bond donors (Lipinski definition) is 5. The van der Waals surface area contributed by atoms with Crippen LogP contribution in [-0.2, 0) is 20.6 Å². The van der Waals surface area contributed by atoms with E-state index in [4.69, 9.17) is 0 Å². The normalized spacial score (nSPS) is 17.5. The monoisotopic (exact) mass is 556 g/mol. The molecule has 0 aromatic heterocycles. The summed E-state index contributed by atoms with van der Waals surface area (Å²) in [7, 11) is -2.42. The van der Waals surface area contributed by atoms with Crippen LogP contribution >= 0.6 is 8.03 Å². The molecule has 1 aliphatic rings. The SMILES string of the molecule is CC(C)[C@H](Nc1ccccc1)C(=O)N[C@@H](Cc1ccccc1)C(=O)NC[C@H](O)CC(C1CCCCC1)[P+](=O)O. The number of hydrogen-bond acceptors (Lipinski definition) is 5. The number of anilines is 1. The number of aliphatic hydroxyl groups excluding tert-OH is 1. The van der Waals surface area contributed by atoms with Crippen LogP contribution in [0.5, 0.6) is 0 Å². The van der Waals surface area contributed by atoms with E-state index in [9.17, 15) is 24.2 Å². The van der Waals surface area contributed by atoms with Gasteiger partial charge in [0.25, 0.3) is 0 Å². The highest BCUT2D eigenvalue weighted by Gasteiger charge is 2.39. The Kier molecular flexibility index (Phi) is 12.4. The van der Waals surface area contributed by atoms with Crippen LogP contribution in [0, 0.1) is 11.8 Å². The van der Waals surface area contributed by atoms with Crippen molar-refractivity contribution in [2.75, 3.05) is 11.9 Å². The fourth-order valence-corrected chi connectivity index (χ4v) is 6.34. The highest BCUT2D eigenvalue weighted by atomic mass is 31.1. The molecule has 0 saturated heterocycles. The van der Waals surface area contributed by atoms with Gasteiger partial charge in [-0.3, -0.25) is 9.59 Å². The van der Waals surface area contributed by atoms with Gasteiger partial charge in [-0.25, -0.2) is 0 Å². The van der Waals surface area contributed by atoms with E-state index in [0.717, 1.165) is 43.4 Å². The smallest absolute Gasteiger partial charge is 0.391 e. The molecule has 1 fully saturated rings. The Hall–Kier alpha value is -2.80. The summed E-state index contributed by atoms with van der Waals surface area (Å²) in [6.07, 6.45) is 4.49. The topological polar surface area (TPSA) is 128 Å². The molecule has 2 aromatic rings. The van der Waals surface area contributed by atoms with Crippen LogP contribution in [0.15, 0.2) is 60.7 Å². The van der Waals surface area contributed by atoms with Gasteiger partial charge in [0.05, 0.1) is 6.10 Å². The summed E-state index contributed by atoms with van der Waals surface area (Å²) in [6, 6.07) is 17.5. The van der Waals surface area contributed by atoms with Crippen molar-refractivity contribution in [1.82, 2.24) is 10.6 Å². The number of carbonyl (C=O) groups is 2. The molecule has 1 aliphatic carbocycles. The lowest BCUT2D eigenvalue weighted by Crippen LogP contribution is -2.54. The predicted molar refractivity (Wildman–Crippen MR) is 155 cm³/mol. The van der Waals surface area contributed by atoms with E-state index in [2.05, 4.69) is 16.0 Å². The predicted octanol–water partition coefficient (Wildman–Crippen LogP) is 4.40. The summed E-state index contributed by atoms with van der Waals surface area (Å²) in [4.78, 5) is 36.6. The summed E-state index contributed by atoms with van der Waals surface area (Å²) in [5.74, 6) is -0.617. The number of amides is 2. The first-order chi connectivity index (χ1) is 18.7. The van der Waals surface area contributed by atoms with Gasteiger partial charge in [0, 0.05) is 31.0 Å². The Morgan fingerprint density at radius 2 is 1.56 bits per heavy atom. The first kappa shape index (κ1) is 30.7. The first-order valence-electron chi connectivity index (χ1n) is 14.0. The van der Waals surface area contributed by atoms with Gasteiger partial charge in [-0.15, -0.1) is 0 Å². The zero-order valence-electron chi connectivity index (χ0n) is 23.0. The molecule has 0 bridgehead atoms. The number of nitrogens with one attached hydrogen (secondary N) is 3. The van der Waals surface area contributed by atoms with E-state index < -0.39 is 37.8 Å². The van der Waals surface area contributed by atoms with Crippen LogP contribution in [0.1, 0.15) is 57.9 Å². The minimum absolute atomic E-state index is 0.0374. The minimum atomic E-state index is -2.42. The fourth-order valence-electron chi connectivity index (χ4n) is 5.26. The largest absolute Gasteiger partial charge is 0.509 e. The summed E-state index contributed by atoms with van der Waals surface area (Å²) >= 11 is 0. The summed E-state index contributed by atoms with van der Waals surface area (Å²) < 4.78 is 12.1. The quantitative estimate of drug-likeness (QED) is 0.220. The number of benzene rings is 2. The van der Waals surface area contributed by atoms with Crippen molar-refractivity contribution in [3.63, 3.8) is 0 Å². The van der Waals surface area contributed by atoms with Crippen LogP contribution in [0.4, 0.5) is 5.69 Å². The molecular formula is C30H43N3O5P+. The molecule has 0 radical (unpaired) electrons. The second kappa shape index (κ2) is 15.7. The number of para-hydroxylation sites is 1. The molecule has 5 atom stereocenters. The Labute approximate surface area is 232 Å². The molecule has 5 N–H and O–H groups in total. The average Bonchev–Trinajstić information content (AvgIpc) is 2.94. The van der Waals surface area contributed by atoms with Crippen molar-refractivity contribution in [2.45, 2.75) is 82.6 Å². The van der Waals surface area contributed by atoms with Gasteiger partial charge in [0.1, 0.15) is 12.1 Å². The standard InChI is InChI=1S/C30H42N3O5P/c1-21(2)28(32-24-16-10-5-11-17-24)30(36)33-26(18-22-12-6-3-7-13-22)29(35)31-20-25(34)19-27(39(37)38)23-14-8-4-9-15-23/h3,5-7,10-13,16-17,21,23,25-28,32,34H,4,8-9,14-15,18-20H2,1-2H3,(H2-,31,33,35,36,37,38)/p+1/t25-,26+,27?,28+/m1/s1. The highest BCUT2D eigenvalue weighted by molar-refractivity contribution is 7.38. The van der Waals surface area contributed by atoms with Crippen LogP contribution in [-0.4, -0.2) is 52.2 Å². The van der Waals surface area contributed by atoms with Gasteiger partial charge in [-0.05, 0) is 41.0 Å². The molecule has 2 amide bonds. The third kappa shape index (κ3) is 10.0. The van der Waals surface area contributed by atoms with Crippen LogP contribution in [0.3, 0.4) is 0 Å².